The molecule has 3 rings (SSSR count). The lowest BCUT2D eigenvalue weighted by Gasteiger charge is -2.48. The Bertz CT molecular complexity index is 789. The van der Waals surface area contributed by atoms with E-state index in [2.05, 4.69) is 16.8 Å². The van der Waals surface area contributed by atoms with Gasteiger partial charge in [0.1, 0.15) is 15.7 Å². The van der Waals surface area contributed by atoms with E-state index in [-0.39, 0.29) is 17.7 Å². The quantitative estimate of drug-likeness (QED) is 0.934. The number of sulfone groups is 1. The number of nitrogen functional groups attached to an aromatic ring is 1. The largest absolute Gasteiger partial charge is 0.384 e. The molecule has 112 valence electrons. The first kappa shape index (κ1) is 14.1. The Kier molecular flexibility index (Phi) is 3.28. The van der Waals surface area contributed by atoms with Crippen LogP contribution >= 0.6 is 0 Å². The average molecular weight is 305 g/mol. The normalized spacial score (nSPS) is 22.3. The Morgan fingerprint density at radius 2 is 2.19 bits per heavy atom. The molecule has 2 N–H and O–H groups in total. The summed E-state index contributed by atoms with van der Waals surface area (Å²) in [6.07, 6.45) is 3.09. The molecule has 1 aromatic heterocycles. The van der Waals surface area contributed by atoms with Crippen LogP contribution in [0.5, 0.6) is 0 Å². The summed E-state index contributed by atoms with van der Waals surface area (Å²) in [5, 5.41) is 2.11. The second-order valence-electron chi connectivity index (χ2n) is 5.85. The molecule has 2 atom stereocenters. The second-order valence-corrected chi connectivity index (χ2v) is 8.04. The smallest absolute Gasteiger partial charge is 0.147 e. The molecular formula is C15H19N3O2S. The third-order valence-corrected chi connectivity index (χ3v) is 5.23. The summed E-state index contributed by atoms with van der Waals surface area (Å²) in [5.41, 5.74) is 6.82. The van der Waals surface area contributed by atoms with E-state index in [0.29, 0.717) is 5.82 Å². The summed E-state index contributed by atoms with van der Waals surface area (Å²) >= 11 is 0. The standard InChI is InChI=1S/C15H19N3O2S/c1-10-12(9-21(2,19)20)8-18(10)14-5-3-4-11-6-15(16)17-7-13(11)14/h3-7,10,12H,8-9H2,1-2H3,(H2,16,17)/t10-,12-/m1/s1. The molecule has 0 saturated carbocycles. The number of benzene rings is 1. The lowest BCUT2D eigenvalue weighted by Crippen LogP contribution is -2.57. The third kappa shape index (κ3) is 2.68. The first-order valence-corrected chi connectivity index (χ1v) is 9.00. The average Bonchev–Trinajstić information content (AvgIpc) is 2.41. The molecule has 1 fully saturated rings. The van der Waals surface area contributed by atoms with Crippen molar-refractivity contribution < 1.29 is 8.42 Å². The molecule has 6 heteroatoms. The van der Waals surface area contributed by atoms with Crippen LogP contribution in [0.2, 0.25) is 0 Å². The topological polar surface area (TPSA) is 76.3 Å². The highest BCUT2D eigenvalue weighted by Crippen LogP contribution is 2.36. The molecule has 0 spiro atoms. The van der Waals surface area contributed by atoms with E-state index in [4.69, 9.17) is 5.73 Å². The zero-order chi connectivity index (χ0) is 15.2. The molecule has 1 aliphatic rings. The van der Waals surface area contributed by atoms with Crippen molar-refractivity contribution in [2.75, 3.05) is 29.2 Å². The number of nitrogens with zero attached hydrogens (tertiary/aromatic N) is 2. The van der Waals surface area contributed by atoms with Crippen molar-refractivity contribution in [2.45, 2.75) is 13.0 Å². The molecule has 0 amide bonds. The summed E-state index contributed by atoms with van der Waals surface area (Å²) in [4.78, 5) is 6.40. The summed E-state index contributed by atoms with van der Waals surface area (Å²) in [6, 6.07) is 8.12. The van der Waals surface area contributed by atoms with Gasteiger partial charge in [0.15, 0.2) is 0 Å². The van der Waals surface area contributed by atoms with Crippen LogP contribution in [0.3, 0.4) is 0 Å². The van der Waals surface area contributed by atoms with Crippen molar-refractivity contribution in [1.82, 2.24) is 4.98 Å². The Morgan fingerprint density at radius 1 is 1.43 bits per heavy atom. The van der Waals surface area contributed by atoms with E-state index in [0.717, 1.165) is 23.0 Å². The minimum absolute atomic E-state index is 0.192. The monoisotopic (exact) mass is 305 g/mol. The van der Waals surface area contributed by atoms with Crippen molar-refractivity contribution in [3.8, 4) is 0 Å². The maximum atomic E-state index is 11.4. The maximum absolute atomic E-state index is 11.4. The van der Waals surface area contributed by atoms with Crippen LogP contribution in [0.25, 0.3) is 10.8 Å². The fourth-order valence-corrected chi connectivity index (χ4v) is 4.17. The molecule has 1 aromatic carbocycles. The van der Waals surface area contributed by atoms with Crippen molar-refractivity contribution in [2.24, 2.45) is 5.92 Å². The predicted octanol–water partition coefficient (Wildman–Crippen LogP) is 1.69. The van der Waals surface area contributed by atoms with E-state index < -0.39 is 9.84 Å². The minimum Gasteiger partial charge on any atom is -0.384 e. The number of rotatable bonds is 3. The van der Waals surface area contributed by atoms with Crippen LogP contribution in [-0.4, -0.2) is 38.0 Å². The summed E-state index contributed by atoms with van der Waals surface area (Å²) in [7, 11) is -2.93. The number of hydrogen-bond donors (Lipinski definition) is 1. The Hall–Kier alpha value is -1.82. The minimum atomic E-state index is -2.93. The molecule has 0 bridgehead atoms. The third-order valence-electron chi connectivity index (χ3n) is 4.19. The summed E-state index contributed by atoms with van der Waals surface area (Å²) in [6.45, 7) is 2.83. The lowest BCUT2D eigenvalue weighted by atomic mass is 9.90. The van der Waals surface area contributed by atoms with Crippen molar-refractivity contribution in [1.29, 1.82) is 0 Å². The summed E-state index contributed by atoms with van der Waals surface area (Å²) in [5.74, 6) is 0.948. The van der Waals surface area contributed by atoms with Gasteiger partial charge in [0.25, 0.3) is 0 Å². The van der Waals surface area contributed by atoms with Gasteiger partial charge in [-0.2, -0.15) is 0 Å². The van der Waals surface area contributed by atoms with E-state index in [9.17, 15) is 8.42 Å². The molecule has 5 nitrogen and oxygen atoms in total. The molecule has 2 aromatic rings. The van der Waals surface area contributed by atoms with Crippen LogP contribution in [0.1, 0.15) is 6.92 Å². The fourth-order valence-electron chi connectivity index (χ4n) is 3.01. The molecule has 0 radical (unpaired) electrons. The first-order valence-electron chi connectivity index (χ1n) is 6.94. The molecule has 0 aliphatic carbocycles. The van der Waals surface area contributed by atoms with Gasteiger partial charge in [0.05, 0.1) is 5.75 Å². The van der Waals surface area contributed by atoms with Gasteiger partial charge in [-0.05, 0) is 24.4 Å². The number of nitrogens with two attached hydrogens (primary N) is 1. The van der Waals surface area contributed by atoms with Crippen LogP contribution < -0.4 is 10.6 Å². The van der Waals surface area contributed by atoms with Gasteiger partial charge in [-0.15, -0.1) is 0 Å². The van der Waals surface area contributed by atoms with Crippen LogP contribution in [0, 0.1) is 5.92 Å². The van der Waals surface area contributed by atoms with E-state index >= 15 is 0 Å². The molecule has 2 heterocycles. The van der Waals surface area contributed by atoms with Crippen LogP contribution in [0.4, 0.5) is 11.5 Å². The zero-order valence-corrected chi connectivity index (χ0v) is 13.0. The van der Waals surface area contributed by atoms with Gasteiger partial charge < -0.3 is 10.6 Å². The molecule has 1 aliphatic heterocycles. The van der Waals surface area contributed by atoms with Crippen molar-refractivity contribution in [3.05, 3.63) is 30.5 Å². The van der Waals surface area contributed by atoms with Crippen molar-refractivity contribution >= 4 is 32.1 Å². The second kappa shape index (κ2) is 4.87. The highest BCUT2D eigenvalue weighted by molar-refractivity contribution is 7.90. The van der Waals surface area contributed by atoms with Gasteiger partial charge in [0, 0.05) is 42.0 Å². The van der Waals surface area contributed by atoms with Gasteiger partial charge in [-0.1, -0.05) is 12.1 Å². The Morgan fingerprint density at radius 3 is 2.86 bits per heavy atom. The SMILES string of the molecule is C[C@@H]1[C@@H](CS(C)(=O)=O)CN1c1cccc2cc(N)ncc12. The first-order chi connectivity index (χ1) is 9.85. The Balaban J connectivity index is 1.90. The number of fused-ring (bicyclic) bond motifs is 1. The summed E-state index contributed by atoms with van der Waals surface area (Å²) < 4.78 is 22.9. The zero-order valence-electron chi connectivity index (χ0n) is 12.2. The number of pyridine rings is 1. The fraction of sp³-hybridized carbons (Fsp3) is 0.400. The van der Waals surface area contributed by atoms with E-state index in [1.165, 1.54) is 6.26 Å². The Labute approximate surface area is 124 Å². The predicted molar refractivity (Wildman–Crippen MR) is 86.2 cm³/mol. The van der Waals surface area contributed by atoms with Gasteiger partial charge in [0.2, 0.25) is 0 Å². The lowest BCUT2D eigenvalue weighted by molar-refractivity contribution is 0.342. The number of hydrogen-bond acceptors (Lipinski definition) is 5. The molecular weight excluding hydrogens is 286 g/mol. The maximum Gasteiger partial charge on any atom is 0.147 e. The van der Waals surface area contributed by atoms with Crippen LogP contribution in [-0.2, 0) is 9.84 Å². The van der Waals surface area contributed by atoms with Crippen LogP contribution in [0.15, 0.2) is 30.5 Å². The number of aromatic nitrogens is 1. The molecule has 1 saturated heterocycles. The number of anilines is 2. The van der Waals surface area contributed by atoms with Gasteiger partial charge in [-0.3, -0.25) is 0 Å². The highest BCUT2D eigenvalue weighted by atomic mass is 32.2. The van der Waals surface area contributed by atoms with E-state index in [1.807, 2.05) is 24.3 Å². The molecule has 0 unspecified atom stereocenters. The van der Waals surface area contributed by atoms with Crippen molar-refractivity contribution in [3.63, 3.8) is 0 Å². The van der Waals surface area contributed by atoms with Gasteiger partial charge in [-0.25, -0.2) is 13.4 Å². The molecule has 21 heavy (non-hydrogen) atoms. The highest BCUT2D eigenvalue weighted by Gasteiger charge is 2.37. The van der Waals surface area contributed by atoms with Gasteiger partial charge >= 0.3 is 0 Å². The van der Waals surface area contributed by atoms with E-state index in [1.54, 1.807) is 6.20 Å².